The molecule has 6 rings (SSSR count). The molecule has 0 unspecified atom stereocenters. The van der Waals surface area contributed by atoms with Crippen LogP contribution in [0.3, 0.4) is 0 Å². The van der Waals surface area contributed by atoms with Gasteiger partial charge in [-0.15, -0.1) is 0 Å². The molecule has 0 atom stereocenters. The van der Waals surface area contributed by atoms with Crippen LogP contribution in [0, 0.1) is 41.5 Å². The van der Waals surface area contributed by atoms with Crippen LogP contribution in [0.2, 0.25) is 0 Å². The number of hydrogen-bond acceptors (Lipinski definition) is 6. The number of pyridine rings is 3. The Kier molecular flexibility index (Phi) is 7.89. The second-order valence-electron chi connectivity index (χ2n) is 10.4. The van der Waals surface area contributed by atoms with Gasteiger partial charge >= 0.3 is 252 Å². The number of aromatic nitrogens is 3. The van der Waals surface area contributed by atoms with Crippen molar-refractivity contribution in [1.29, 1.82) is 0 Å². The van der Waals surface area contributed by atoms with E-state index < -0.39 is 11.2 Å². The first kappa shape index (κ1) is 27.7. The number of rotatable bonds is 6. The molecular weight excluding hydrogens is 610 g/mol. The number of hydrogen-bond donors (Lipinski definition) is 0. The van der Waals surface area contributed by atoms with Crippen LogP contribution in [0.25, 0.3) is 32.7 Å². The van der Waals surface area contributed by atoms with Crippen LogP contribution >= 0.6 is 30.1 Å². The van der Waals surface area contributed by atoms with Crippen molar-refractivity contribution in [3.05, 3.63) is 107 Å². The number of nitrogens with zero attached hydrogens (tertiary/aromatic N) is 3. The van der Waals surface area contributed by atoms with Crippen LogP contribution in [0.15, 0.2) is 87.9 Å². The zero-order valence-electron chi connectivity index (χ0n) is 23.4. The van der Waals surface area contributed by atoms with Crippen molar-refractivity contribution in [2.75, 3.05) is 0 Å². The van der Waals surface area contributed by atoms with Gasteiger partial charge in [0.1, 0.15) is 0 Å². The molecule has 3 nitrogen and oxygen atoms in total. The standard InChI is InChI=1S/C33H30AsN3S3/c1-19-13-25-22(4)7-10-35-31(25)28(16-19)38-34(39-29-17-20(2)14-26-23(5)8-11-36-32(26)29)40-30-18-21(3)15-27-24(6)9-12-37-33(27)30/h7-18H,1-6H3. The van der Waals surface area contributed by atoms with Crippen LogP contribution < -0.4 is 0 Å². The van der Waals surface area contributed by atoms with E-state index in [9.17, 15) is 0 Å². The van der Waals surface area contributed by atoms with Gasteiger partial charge in [0.15, 0.2) is 0 Å². The molecule has 0 saturated heterocycles. The molecule has 200 valence electrons. The molecule has 0 saturated carbocycles. The summed E-state index contributed by atoms with van der Waals surface area (Å²) in [6.07, 6.45) is 5.82. The third-order valence-electron chi connectivity index (χ3n) is 7.04. The van der Waals surface area contributed by atoms with Crippen molar-refractivity contribution < 1.29 is 0 Å². The van der Waals surface area contributed by atoms with E-state index in [0.717, 1.165) is 16.6 Å². The van der Waals surface area contributed by atoms with E-state index in [0.29, 0.717) is 0 Å². The van der Waals surface area contributed by atoms with Gasteiger partial charge in [-0.3, -0.25) is 0 Å². The van der Waals surface area contributed by atoms with Crippen molar-refractivity contribution in [3.63, 3.8) is 0 Å². The summed E-state index contributed by atoms with van der Waals surface area (Å²) in [5, 5.41) is 3.72. The molecule has 6 aromatic rings. The summed E-state index contributed by atoms with van der Waals surface area (Å²) in [5.41, 5.74) is 10.9. The summed E-state index contributed by atoms with van der Waals surface area (Å²) in [6.45, 7) is 13.1. The maximum absolute atomic E-state index is 4.86. The van der Waals surface area contributed by atoms with Crippen LogP contribution in [-0.4, -0.2) is 26.1 Å². The first-order valence-electron chi connectivity index (χ1n) is 13.2. The first-order chi connectivity index (χ1) is 19.3. The quantitative estimate of drug-likeness (QED) is 0.169. The Bertz CT molecular complexity index is 1700. The Hall–Kier alpha value is -2.50. The van der Waals surface area contributed by atoms with E-state index in [-0.39, 0.29) is 0 Å². The molecule has 0 radical (unpaired) electrons. The molecule has 0 amide bonds. The minimum atomic E-state index is -1.81. The van der Waals surface area contributed by atoms with Crippen LogP contribution in [0.1, 0.15) is 33.4 Å². The first-order valence-corrected chi connectivity index (χ1v) is 22.4. The third-order valence-corrected chi connectivity index (χ3v) is 22.5. The Balaban J connectivity index is 1.50. The van der Waals surface area contributed by atoms with E-state index in [1.165, 1.54) is 64.2 Å². The molecule has 0 bridgehead atoms. The second-order valence-corrected chi connectivity index (χ2v) is 25.9. The summed E-state index contributed by atoms with van der Waals surface area (Å²) in [6, 6.07) is 20.1. The molecule has 0 aliphatic rings. The summed E-state index contributed by atoms with van der Waals surface area (Å²) < 4.78 is 0. The van der Waals surface area contributed by atoms with Gasteiger partial charge in [0.25, 0.3) is 0 Å². The van der Waals surface area contributed by atoms with Crippen molar-refractivity contribution in [2.24, 2.45) is 0 Å². The summed E-state index contributed by atoms with van der Waals surface area (Å²) in [5.74, 6) is 0. The fourth-order valence-electron chi connectivity index (χ4n) is 4.98. The summed E-state index contributed by atoms with van der Waals surface area (Å²) >= 11 is -1.81. The van der Waals surface area contributed by atoms with Crippen LogP contribution in [-0.2, 0) is 0 Å². The average molecular weight is 640 g/mol. The zero-order chi connectivity index (χ0) is 28.0. The fourth-order valence-corrected chi connectivity index (χ4v) is 22.7. The summed E-state index contributed by atoms with van der Waals surface area (Å²) in [4.78, 5) is 18.4. The van der Waals surface area contributed by atoms with Gasteiger partial charge in [-0.1, -0.05) is 0 Å². The van der Waals surface area contributed by atoms with Gasteiger partial charge in [-0.25, -0.2) is 0 Å². The van der Waals surface area contributed by atoms with Crippen molar-refractivity contribution in [3.8, 4) is 0 Å². The van der Waals surface area contributed by atoms with Crippen LogP contribution in [0.5, 0.6) is 0 Å². The van der Waals surface area contributed by atoms with E-state index in [4.69, 9.17) is 15.0 Å². The molecule has 0 aliphatic heterocycles. The van der Waals surface area contributed by atoms with Crippen molar-refractivity contribution in [2.45, 2.75) is 56.2 Å². The molecule has 0 aliphatic carbocycles. The van der Waals surface area contributed by atoms with Crippen molar-refractivity contribution >= 4 is 74.0 Å². The van der Waals surface area contributed by atoms with Gasteiger partial charge in [0.05, 0.1) is 0 Å². The number of aryl methyl sites for hydroxylation is 6. The average Bonchev–Trinajstić information content (AvgIpc) is 2.90. The van der Waals surface area contributed by atoms with Crippen molar-refractivity contribution in [1.82, 2.24) is 15.0 Å². The van der Waals surface area contributed by atoms with Gasteiger partial charge < -0.3 is 0 Å². The number of fused-ring (bicyclic) bond motifs is 3. The second kappa shape index (κ2) is 11.4. The normalized spacial score (nSPS) is 11.8. The van der Waals surface area contributed by atoms with Gasteiger partial charge in [0.2, 0.25) is 0 Å². The Morgan fingerprint density at radius 1 is 0.450 bits per heavy atom. The maximum atomic E-state index is 4.86. The Morgan fingerprint density at radius 3 is 1.05 bits per heavy atom. The SMILES string of the molecule is Cc1cc(S[As](Sc2cc(C)cc3c(C)ccnc23)Sc2cc(C)cc3c(C)ccnc23)c2nccc(C)c2c1. The van der Waals surface area contributed by atoms with E-state index >= 15 is 0 Å². The van der Waals surface area contributed by atoms with E-state index in [2.05, 4.69) is 96.1 Å². The van der Waals surface area contributed by atoms with Gasteiger partial charge in [-0.05, 0) is 0 Å². The molecule has 3 heterocycles. The fraction of sp³-hybridized carbons (Fsp3) is 0.182. The molecule has 3 aromatic carbocycles. The monoisotopic (exact) mass is 639 g/mol. The molecule has 3 aromatic heterocycles. The Morgan fingerprint density at radius 2 is 0.750 bits per heavy atom. The third kappa shape index (κ3) is 5.52. The van der Waals surface area contributed by atoms with Gasteiger partial charge in [-0.2, -0.15) is 0 Å². The molecule has 0 fully saturated rings. The molecule has 0 spiro atoms. The molecular formula is C33H30AsN3S3. The predicted octanol–water partition coefficient (Wildman–Crippen LogP) is 9.84. The Labute approximate surface area is 250 Å². The van der Waals surface area contributed by atoms with Gasteiger partial charge in [0, 0.05) is 0 Å². The molecule has 0 N–H and O–H groups in total. The van der Waals surface area contributed by atoms with Crippen LogP contribution in [0.4, 0.5) is 0 Å². The predicted molar refractivity (Wildman–Crippen MR) is 177 cm³/mol. The molecule has 40 heavy (non-hydrogen) atoms. The van der Waals surface area contributed by atoms with E-state index in [1.54, 1.807) is 0 Å². The topological polar surface area (TPSA) is 38.7 Å². The van der Waals surface area contributed by atoms with E-state index in [1.807, 2.05) is 48.7 Å². The minimum absolute atomic E-state index is 1.10. The molecule has 7 heteroatoms. The zero-order valence-corrected chi connectivity index (χ0v) is 27.8. The number of benzene rings is 3. The summed E-state index contributed by atoms with van der Waals surface area (Å²) in [7, 11) is 6.07.